The van der Waals surface area contributed by atoms with Crippen LogP contribution in [0, 0.1) is 6.92 Å². The summed E-state index contributed by atoms with van der Waals surface area (Å²) in [5.74, 6) is -1.05. The van der Waals surface area contributed by atoms with Crippen molar-refractivity contribution < 1.29 is 22.8 Å². The van der Waals surface area contributed by atoms with Crippen molar-refractivity contribution in [1.29, 1.82) is 0 Å². The van der Waals surface area contributed by atoms with Crippen LogP contribution < -0.4 is 4.90 Å². The van der Waals surface area contributed by atoms with Gasteiger partial charge in [-0.2, -0.15) is 13.2 Å². The minimum absolute atomic E-state index is 0.0553. The molecule has 0 radical (unpaired) electrons. The van der Waals surface area contributed by atoms with E-state index < -0.39 is 23.6 Å². The molecule has 1 aliphatic rings. The Balaban J connectivity index is 2.04. The second-order valence-electron chi connectivity index (χ2n) is 6.73. The van der Waals surface area contributed by atoms with Crippen LogP contribution in [0.4, 0.5) is 18.9 Å². The number of carbonyl (C=O) groups excluding carboxylic acids is 2. The SMILES string of the molecule is Cc1ccc(C2=C(SC(C)C)C(=O)N(c3ccc(C(F)(F)F)cc3)C2=O)cc1. The van der Waals surface area contributed by atoms with E-state index in [1.165, 1.54) is 11.8 Å². The molecule has 1 aliphatic heterocycles. The predicted octanol–water partition coefficient (Wildman–Crippen LogP) is 5.44. The molecular weight excluding hydrogens is 387 g/mol. The maximum atomic E-state index is 13.1. The highest BCUT2D eigenvalue weighted by atomic mass is 32.2. The minimum atomic E-state index is -4.48. The van der Waals surface area contributed by atoms with Gasteiger partial charge in [0, 0.05) is 5.25 Å². The fourth-order valence-electron chi connectivity index (χ4n) is 2.86. The van der Waals surface area contributed by atoms with Gasteiger partial charge in [-0.05, 0) is 36.8 Å². The summed E-state index contributed by atoms with van der Waals surface area (Å²) in [7, 11) is 0. The molecule has 28 heavy (non-hydrogen) atoms. The fraction of sp³-hybridized carbons (Fsp3) is 0.238. The quantitative estimate of drug-likeness (QED) is 0.636. The highest BCUT2D eigenvalue weighted by Gasteiger charge is 2.41. The van der Waals surface area contributed by atoms with E-state index in [2.05, 4.69) is 0 Å². The van der Waals surface area contributed by atoms with Gasteiger partial charge in [0.1, 0.15) is 0 Å². The number of hydrogen-bond acceptors (Lipinski definition) is 3. The Labute approximate surface area is 165 Å². The molecule has 0 atom stereocenters. The monoisotopic (exact) mass is 405 g/mol. The van der Waals surface area contributed by atoms with E-state index >= 15 is 0 Å². The standard InChI is InChI=1S/C21H18F3NO2S/c1-12(2)28-18-17(14-6-4-13(3)5-7-14)19(26)25(20(18)27)16-10-8-15(9-11-16)21(22,23)24/h4-12H,1-3H3. The molecule has 2 amide bonds. The largest absolute Gasteiger partial charge is 0.416 e. The summed E-state index contributed by atoms with van der Waals surface area (Å²) in [6.45, 7) is 5.73. The van der Waals surface area contributed by atoms with Crippen LogP contribution in [0.25, 0.3) is 5.57 Å². The van der Waals surface area contributed by atoms with Crippen LogP contribution in [0.1, 0.15) is 30.5 Å². The highest BCUT2D eigenvalue weighted by Crippen LogP contribution is 2.40. The number of benzene rings is 2. The van der Waals surface area contributed by atoms with Gasteiger partial charge in [-0.25, -0.2) is 4.90 Å². The Kier molecular flexibility index (Phi) is 5.39. The van der Waals surface area contributed by atoms with Gasteiger partial charge in [0.05, 0.1) is 21.7 Å². The van der Waals surface area contributed by atoms with Crippen molar-refractivity contribution in [2.45, 2.75) is 32.2 Å². The summed E-state index contributed by atoms with van der Waals surface area (Å²) in [6, 6.07) is 11.3. The zero-order valence-electron chi connectivity index (χ0n) is 15.5. The summed E-state index contributed by atoms with van der Waals surface area (Å²) >= 11 is 1.27. The van der Waals surface area contributed by atoms with E-state index in [0.717, 1.165) is 34.7 Å². The average molecular weight is 405 g/mol. The van der Waals surface area contributed by atoms with Gasteiger partial charge >= 0.3 is 6.18 Å². The van der Waals surface area contributed by atoms with Crippen LogP contribution in [-0.4, -0.2) is 17.1 Å². The minimum Gasteiger partial charge on any atom is -0.268 e. The molecule has 0 bridgehead atoms. The number of aryl methyl sites for hydroxylation is 1. The van der Waals surface area contributed by atoms with Gasteiger partial charge in [-0.1, -0.05) is 43.7 Å². The molecule has 0 spiro atoms. The van der Waals surface area contributed by atoms with E-state index in [0.29, 0.717) is 10.5 Å². The highest BCUT2D eigenvalue weighted by molar-refractivity contribution is 8.04. The summed E-state index contributed by atoms with van der Waals surface area (Å²) in [6.07, 6.45) is -4.48. The van der Waals surface area contributed by atoms with E-state index in [1.54, 1.807) is 12.1 Å². The number of nitrogens with zero attached hydrogens (tertiary/aromatic N) is 1. The van der Waals surface area contributed by atoms with Crippen molar-refractivity contribution in [3.05, 3.63) is 70.1 Å². The molecule has 0 aromatic heterocycles. The first-order valence-corrected chi connectivity index (χ1v) is 9.51. The smallest absolute Gasteiger partial charge is 0.268 e. The Morgan fingerprint density at radius 3 is 1.96 bits per heavy atom. The predicted molar refractivity (Wildman–Crippen MR) is 105 cm³/mol. The molecule has 146 valence electrons. The zero-order chi connectivity index (χ0) is 20.6. The normalized spacial score (nSPS) is 15.2. The van der Waals surface area contributed by atoms with Gasteiger partial charge in [0.15, 0.2) is 0 Å². The number of rotatable bonds is 4. The van der Waals surface area contributed by atoms with Gasteiger partial charge in [0.2, 0.25) is 0 Å². The van der Waals surface area contributed by atoms with E-state index in [1.807, 2.05) is 32.9 Å². The number of anilines is 1. The van der Waals surface area contributed by atoms with Crippen molar-refractivity contribution in [3.63, 3.8) is 0 Å². The lowest BCUT2D eigenvalue weighted by molar-refractivity contribution is -0.137. The summed E-state index contributed by atoms with van der Waals surface area (Å²) in [5, 5.41) is 0.0553. The zero-order valence-corrected chi connectivity index (χ0v) is 16.3. The van der Waals surface area contributed by atoms with Gasteiger partial charge in [0.25, 0.3) is 11.8 Å². The molecule has 0 unspecified atom stereocenters. The lowest BCUT2D eigenvalue weighted by Crippen LogP contribution is -2.31. The first-order chi connectivity index (χ1) is 13.1. The third-order valence-corrected chi connectivity index (χ3v) is 5.27. The van der Waals surface area contributed by atoms with Crippen molar-refractivity contribution in [2.75, 3.05) is 4.90 Å². The van der Waals surface area contributed by atoms with Gasteiger partial charge < -0.3 is 0 Å². The molecule has 1 heterocycles. The van der Waals surface area contributed by atoms with Gasteiger partial charge in [-0.3, -0.25) is 9.59 Å². The second kappa shape index (κ2) is 7.47. The lowest BCUT2D eigenvalue weighted by Gasteiger charge is -2.16. The summed E-state index contributed by atoms with van der Waals surface area (Å²) in [5.41, 5.74) is 1.19. The molecule has 0 fully saturated rings. The number of hydrogen-bond donors (Lipinski definition) is 0. The summed E-state index contributed by atoms with van der Waals surface area (Å²) < 4.78 is 38.4. The fourth-order valence-corrected chi connectivity index (χ4v) is 3.85. The molecule has 0 N–H and O–H groups in total. The molecule has 3 nitrogen and oxygen atoms in total. The number of carbonyl (C=O) groups is 2. The first kappa shape index (κ1) is 20.2. The van der Waals surface area contributed by atoms with Crippen LogP contribution in [-0.2, 0) is 15.8 Å². The third-order valence-electron chi connectivity index (χ3n) is 4.19. The molecular formula is C21H18F3NO2S. The van der Waals surface area contributed by atoms with Crippen LogP contribution in [0.5, 0.6) is 0 Å². The second-order valence-corrected chi connectivity index (χ2v) is 8.31. The van der Waals surface area contributed by atoms with Crippen LogP contribution in [0.2, 0.25) is 0 Å². The maximum absolute atomic E-state index is 13.1. The molecule has 0 saturated heterocycles. The third kappa shape index (κ3) is 3.85. The van der Waals surface area contributed by atoms with Crippen LogP contribution >= 0.6 is 11.8 Å². The number of amides is 2. The van der Waals surface area contributed by atoms with Gasteiger partial charge in [-0.15, -0.1) is 11.8 Å². The number of alkyl halides is 3. The Bertz CT molecular complexity index is 945. The average Bonchev–Trinajstić information content (AvgIpc) is 2.85. The van der Waals surface area contributed by atoms with Crippen LogP contribution in [0.15, 0.2) is 53.4 Å². The van der Waals surface area contributed by atoms with E-state index in [9.17, 15) is 22.8 Å². The molecule has 0 saturated carbocycles. The van der Waals surface area contributed by atoms with Crippen molar-refractivity contribution in [1.82, 2.24) is 0 Å². The molecule has 2 aromatic rings. The van der Waals surface area contributed by atoms with Crippen molar-refractivity contribution in [2.24, 2.45) is 0 Å². The Hall–Kier alpha value is -2.54. The van der Waals surface area contributed by atoms with Crippen molar-refractivity contribution >= 4 is 34.8 Å². The summed E-state index contributed by atoms with van der Waals surface area (Å²) in [4.78, 5) is 27.3. The lowest BCUT2D eigenvalue weighted by atomic mass is 10.0. The first-order valence-electron chi connectivity index (χ1n) is 8.63. The molecule has 7 heteroatoms. The van der Waals surface area contributed by atoms with E-state index in [4.69, 9.17) is 0 Å². The number of thioether (sulfide) groups is 1. The molecule has 3 rings (SSSR count). The van der Waals surface area contributed by atoms with Crippen LogP contribution in [0.3, 0.4) is 0 Å². The number of imide groups is 1. The van der Waals surface area contributed by atoms with E-state index in [-0.39, 0.29) is 16.5 Å². The molecule has 2 aromatic carbocycles. The number of halogens is 3. The Morgan fingerprint density at radius 2 is 1.46 bits per heavy atom. The maximum Gasteiger partial charge on any atom is 0.416 e. The molecule has 0 aliphatic carbocycles. The van der Waals surface area contributed by atoms with Crippen molar-refractivity contribution in [3.8, 4) is 0 Å². The topological polar surface area (TPSA) is 37.4 Å². The Morgan fingerprint density at radius 1 is 0.893 bits per heavy atom.